The molecule has 0 bridgehead atoms. The fraction of sp³-hybridized carbons (Fsp3) is 0.667. The zero-order chi connectivity index (χ0) is 11.9. The molecule has 1 atom stereocenters. The Bertz CT molecular complexity index is 365. The lowest BCUT2D eigenvalue weighted by Crippen LogP contribution is -2.55. The third-order valence-corrected chi connectivity index (χ3v) is 2.75. The van der Waals surface area contributed by atoms with Crippen molar-refractivity contribution in [2.45, 2.75) is 51.7 Å². The van der Waals surface area contributed by atoms with Crippen LogP contribution in [0.25, 0.3) is 0 Å². The SMILES string of the molecule is CC(C)(C)OC(=O)C1=CCCC2CC(=O)N12. The standard InChI is InChI=1S/C12H17NO3/c1-12(2,3)16-11(15)9-6-4-5-8-7-10(14)13(8)9/h6,8H,4-5,7H2,1-3H3. The molecule has 2 heterocycles. The van der Waals surface area contributed by atoms with Crippen LogP contribution in [0.3, 0.4) is 0 Å². The minimum Gasteiger partial charge on any atom is -0.455 e. The topological polar surface area (TPSA) is 46.6 Å². The molecule has 0 aromatic carbocycles. The molecule has 4 heteroatoms. The van der Waals surface area contributed by atoms with E-state index in [2.05, 4.69) is 0 Å². The number of hydrogen-bond donors (Lipinski definition) is 0. The van der Waals surface area contributed by atoms with Crippen molar-refractivity contribution in [3.63, 3.8) is 0 Å². The molecule has 1 amide bonds. The lowest BCUT2D eigenvalue weighted by molar-refractivity contribution is -0.159. The summed E-state index contributed by atoms with van der Waals surface area (Å²) in [5, 5.41) is 0. The van der Waals surface area contributed by atoms with Crippen LogP contribution in [0.2, 0.25) is 0 Å². The molecule has 16 heavy (non-hydrogen) atoms. The molecular formula is C12H17NO3. The van der Waals surface area contributed by atoms with Crippen LogP contribution >= 0.6 is 0 Å². The molecule has 0 aliphatic carbocycles. The molecule has 0 aromatic rings. The summed E-state index contributed by atoms with van der Waals surface area (Å²) in [5.41, 5.74) is -0.0823. The molecule has 1 fully saturated rings. The monoisotopic (exact) mass is 223 g/mol. The Morgan fingerprint density at radius 1 is 1.50 bits per heavy atom. The molecule has 1 unspecified atom stereocenters. The fourth-order valence-corrected chi connectivity index (χ4v) is 2.07. The average molecular weight is 223 g/mol. The van der Waals surface area contributed by atoms with Gasteiger partial charge in [-0.15, -0.1) is 0 Å². The second-order valence-electron chi connectivity index (χ2n) is 5.29. The lowest BCUT2D eigenvalue weighted by atomic mass is 9.92. The van der Waals surface area contributed by atoms with Crippen molar-refractivity contribution in [1.29, 1.82) is 0 Å². The summed E-state index contributed by atoms with van der Waals surface area (Å²) in [6, 6.07) is 0.222. The van der Waals surface area contributed by atoms with Crippen LogP contribution in [-0.2, 0) is 14.3 Å². The quantitative estimate of drug-likeness (QED) is 0.501. The summed E-state index contributed by atoms with van der Waals surface area (Å²) in [5.74, 6) is -0.355. The molecule has 1 saturated heterocycles. The number of esters is 1. The van der Waals surface area contributed by atoms with E-state index in [-0.39, 0.29) is 17.9 Å². The number of β-lactam (4-membered cyclic amide) rings is 1. The number of nitrogens with zero attached hydrogens (tertiary/aromatic N) is 1. The number of hydrogen-bond acceptors (Lipinski definition) is 3. The first-order chi connectivity index (χ1) is 7.38. The Morgan fingerprint density at radius 3 is 2.75 bits per heavy atom. The normalized spacial score (nSPS) is 24.4. The van der Waals surface area contributed by atoms with E-state index in [0.717, 1.165) is 12.8 Å². The summed E-state index contributed by atoms with van der Waals surface area (Å²) < 4.78 is 5.28. The number of allylic oxidation sites excluding steroid dienone is 1. The number of ether oxygens (including phenoxy) is 1. The van der Waals surface area contributed by atoms with E-state index in [4.69, 9.17) is 4.74 Å². The van der Waals surface area contributed by atoms with Gasteiger partial charge in [0, 0.05) is 12.5 Å². The second-order valence-corrected chi connectivity index (χ2v) is 5.29. The lowest BCUT2D eigenvalue weighted by Gasteiger charge is -2.43. The summed E-state index contributed by atoms with van der Waals surface area (Å²) >= 11 is 0. The molecular weight excluding hydrogens is 206 g/mol. The zero-order valence-electron chi connectivity index (χ0n) is 9.95. The predicted molar refractivity (Wildman–Crippen MR) is 58.4 cm³/mol. The van der Waals surface area contributed by atoms with Crippen LogP contribution < -0.4 is 0 Å². The predicted octanol–water partition coefficient (Wildman–Crippen LogP) is 1.61. The smallest absolute Gasteiger partial charge is 0.355 e. The molecule has 0 aromatic heterocycles. The fourth-order valence-electron chi connectivity index (χ4n) is 2.07. The maximum Gasteiger partial charge on any atom is 0.355 e. The van der Waals surface area contributed by atoms with Gasteiger partial charge >= 0.3 is 5.97 Å². The van der Waals surface area contributed by atoms with Crippen molar-refractivity contribution < 1.29 is 14.3 Å². The van der Waals surface area contributed by atoms with Crippen LogP contribution in [0, 0.1) is 0 Å². The van der Waals surface area contributed by atoms with Gasteiger partial charge in [-0.05, 0) is 33.6 Å². The van der Waals surface area contributed by atoms with E-state index in [1.807, 2.05) is 26.8 Å². The largest absolute Gasteiger partial charge is 0.455 e. The Labute approximate surface area is 95.2 Å². The Morgan fingerprint density at radius 2 is 2.19 bits per heavy atom. The van der Waals surface area contributed by atoms with Crippen molar-refractivity contribution in [1.82, 2.24) is 4.90 Å². The van der Waals surface area contributed by atoms with Crippen molar-refractivity contribution in [2.75, 3.05) is 0 Å². The minimum absolute atomic E-state index is 0.0295. The number of amides is 1. The molecule has 0 N–H and O–H groups in total. The molecule has 2 rings (SSSR count). The maximum atomic E-state index is 11.9. The molecule has 2 aliphatic rings. The van der Waals surface area contributed by atoms with Gasteiger partial charge in [-0.2, -0.15) is 0 Å². The van der Waals surface area contributed by atoms with Gasteiger partial charge in [-0.1, -0.05) is 6.08 Å². The molecule has 0 radical (unpaired) electrons. The van der Waals surface area contributed by atoms with Crippen LogP contribution in [0.15, 0.2) is 11.8 Å². The minimum atomic E-state index is -0.515. The van der Waals surface area contributed by atoms with Crippen molar-refractivity contribution in [3.05, 3.63) is 11.8 Å². The van der Waals surface area contributed by atoms with E-state index in [1.54, 1.807) is 4.90 Å². The van der Waals surface area contributed by atoms with Gasteiger partial charge in [0.25, 0.3) is 0 Å². The third kappa shape index (κ3) is 1.96. The van der Waals surface area contributed by atoms with Gasteiger partial charge < -0.3 is 9.64 Å². The Balaban J connectivity index is 2.11. The number of rotatable bonds is 1. The first kappa shape index (κ1) is 11.2. The van der Waals surface area contributed by atoms with Gasteiger partial charge in [0.2, 0.25) is 5.91 Å². The number of carbonyl (C=O) groups excluding carboxylic acids is 2. The van der Waals surface area contributed by atoms with E-state index >= 15 is 0 Å². The highest BCUT2D eigenvalue weighted by Gasteiger charge is 2.43. The highest BCUT2D eigenvalue weighted by molar-refractivity contribution is 5.97. The molecule has 4 nitrogen and oxygen atoms in total. The summed E-state index contributed by atoms with van der Waals surface area (Å²) in [7, 11) is 0. The van der Waals surface area contributed by atoms with Gasteiger partial charge in [-0.3, -0.25) is 4.79 Å². The van der Waals surface area contributed by atoms with Crippen molar-refractivity contribution in [3.8, 4) is 0 Å². The summed E-state index contributed by atoms with van der Waals surface area (Å²) in [6.07, 6.45) is 4.18. The molecule has 0 spiro atoms. The van der Waals surface area contributed by atoms with Crippen LogP contribution in [0.1, 0.15) is 40.0 Å². The molecule has 2 aliphatic heterocycles. The number of carbonyl (C=O) groups is 2. The van der Waals surface area contributed by atoms with E-state index in [9.17, 15) is 9.59 Å². The Hall–Kier alpha value is -1.32. The van der Waals surface area contributed by atoms with E-state index in [1.165, 1.54) is 0 Å². The summed E-state index contributed by atoms with van der Waals surface area (Å²) in [6.45, 7) is 5.47. The second kappa shape index (κ2) is 3.61. The first-order valence-corrected chi connectivity index (χ1v) is 5.64. The number of fused-ring (bicyclic) bond motifs is 1. The van der Waals surface area contributed by atoms with Gasteiger partial charge in [0.15, 0.2) is 0 Å². The van der Waals surface area contributed by atoms with E-state index < -0.39 is 5.60 Å². The van der Waals surface area contributed by atoms with E-state index in [0.29, 0.717) is 12.1 Å². The summed E-state index contributed by atoms with van der Waals surface area (Å²) in [4.78, 5) is 24.9. The highest BCUT2D eigenvalue weighted by Crippen LogP contribution is 2.33. The maximum absolute atomic E-state index is 11.9. The highest BCUT2D eigenvalue weighted by atomic mass is 16.6. The van der Waals surface area contributed by atoms with Gasteiger partial charge in [0.05, 0.1) is 0 Å². The third-order valence-electron chi connectivity index (χ3n) is 2.75. The zero-order valence-corrected chi connectivity index (χ0v) is 9.95. The molecule has 88 valence electrons. The van der Waals surface area contributed by atoms with Gasteiger partial charge in [0.1, 0.15) is 11.3 Å². The van der Waals surface area contributed by atoms with Crippen molar-refractivity contribution >= 4 is 11.9 Å². The molecule has 0 saturated carbocycles. The average Bonchev–Trinajstić information content (AvgIpc) is 2.12. The first-order valence-electron chi connectivity index (χ1n) is 5.64. The van der Waals surface area contributed by atoms with Crippen molar-refractivity contribution in [2.24, 2.45) is 0 Å². The van der Waals surface area contributed by atoms with Crippen LogP contribution in [0.5, 0.6) is 0 Å². The Kier molecular flexibility index (Phi) is 2.52. The van der Waals surface area contributed by atoms with Gasteiger partial charge in [-0.25, -0.2) is 4.79 Å². The van der Waals surface area contributed by atoms with Crippen LogP contribution in [-0.4, -0.2) is 28.4 Å². The van der Waals surface area contributed by atoms with Crippen LogP contribution in [0.4, 0.5) is 0 Å².